The maximum atomic E-state index is 13.9. The molecule has 2 heterocycles. The van der Waals surface area contributed by atoms with Crippen LogP contribution in [-0.4, -0.2) is 65.0 Å². The molecule has 25 heavy (non-hydrogen) atoms. The van der Waals surface area contributed by atoms with Gasteiger partial charge < -0.3 is 15.3 Å². The molecule has 2 aliphatic heterocycles. The summed E-state index contributed by atoms with van der Waals surface area (Å²) in [6, 6.07) is 3.84. The van der Waals surface area contributed by atoms with Crippen LogP contribution in [0.5, 0.6) is 0 Å². The third-order valence-electron chi connectivity index (χ3n) is 4.70. The van der Waals surface area contributed by atoms with E-state index in [1.54, 1.807) is 4.90 Å². The zero-order valence-corrected chi connectivity index (χ0v) is 13.8. The molecule has 0 spiro atoms. The normalized spacial score (nSPS) is 25.2. The van der Waals surface area contributed by atoms with E-state index >= 15 is 0 Å². The third kappa shape index (κ3) is 3.80. The van der Waals surface area contributed by atoms with Crippen molar-refractivity contribution in [2.24, 2.45) is 0 Å². The van der Waals surface area contributed by atoms with Crippen molar-refractivity contribution >= 4 is 11.8 Å². The van der Waals surface area contributed by atoms with E-state index in [0.29, 0.717) is 26.1 Å². The second-order valence-corrected chi connectivity index (χ2v) is 6.64. The van der Waals surface area contributed by atoms with E-state index in [-0.39, 0.29) is 37.5 Å². The summed E-state index contributed by atoms with van der Waals surface area (Å²) in [6.07, 6.45) is 0.839. The Balaban J connectivity index is 1.71. The quantitative estimate of drug-likeness (QED) is 0.814. The zero-order chi connectivity index (χ0) is 18.0. The number of nitrogens with zero attached hydrogens (tertiary/aromatic N) is 2. The molecule has 3 rings (SSSR count). The largest absolute Gasteiger partial charge is 0.379 e. The highest BCUT2D eigenvalue weighted by Crippen LogP contribution is 2.26. The maximum absolute atomic E-state index is 13.9. The van der Waals surface area contributed by atoms with Crippen molar-refractivity contribution in [2.45, 2.75) is 25.0 Å². The Hall–Kier alpha value is -2.06. The van der Waals surface area contributed by atoms with E-state index < -0.39 is 23.1 Å². The molecule has 0 aromatic heterocycles. The molecule has 0 bridgehead atoms. The number of likely N-dealkylation sites (tertiary alicyclic amines) is 1. The van der Waals surface area contributed by atoms with Crippen molar-refractivity contribution in [2.75, 3.05) is 32.7 Å². The number of hydrogen-bond donors (Lipinski definition) is 2. The van der Waals surface area contributed by atoms with Gasteiger partial charge in [0.05, 0.1) is 6.54 Å². The van der Waals surface area contributed by atoms with Gasteiger partial charge in [0.25, 0.3) is 5.91 Å². The van der Waals surface area contributed by atoms with Gasteiger partial charge in [0.1, 0.15) is 0 Å². The van der Waals surface area contributed by atoms with E-state index in [1.165, 1.54) is 17.0 Å². The first-order valence-corrected chi connectivity index (χ1v) is 8.33. The van der Waals surface area contributed by atoms with Crippen LogP contribution in [0.15, 0.2) is 18.2 Å². The number of aliphatic hydroxyl groups is 1. The lowest BCUT2D eigenvalue weighted by Gasteiger charge is -2.41. The molecule has 1 aromatic carbocycles. The summed E-state index contributed by atoms with van der Waals surface area (Å²) in [6.45, 7) is 1.50. The molecule has 1 aromatic rings. The van der Waals surface area contributed by atoms with Crippen molar-refractivity contribution in [3.05, 3.63) is 35.4 Å². The molecule has 8 heteroatoms. The van der Waals surface area contributed by atoms with Crippen molar-refractivity contribution in [1.82, 2.24) is 15.1 Å². The van der Waals surface area contributed by atoms with Crippen LogP contribution in [0.25, 0.3) is 0 Å². The standard InChI is InChI=1S/C17H21F2N3O3/c18-13-4-1-3-12(15(13)19)9-22-7-2-5-17(25,16(22)24)11-21-8-6-20-14(23)10-21/h1,3-4,25H,2,5-11H2,(H,20,23)/t17-/m0/s1. The molecule has 6 nitrogen and oxygen atoms in total. The van der Waals surface area contributed by atoms with Gasteiger partial charge in [-0.15, -0.1) is 0 Å². The van der Waals surface area contributed by atoms with E-state index in [2.05, 4.69) is 5.32 Å². The predicted octanol–water partition coefficient (Wildman–Crippen LogP) is 0.250. The Labute approximate surface area is 144 Å². The van der Waals surface area contributed by atoms with Crippen LogP contribution in [0.4, 0.5) is 8.78 Å². The summed E-state index contributed by atoms with van der Waals surface area (Å²) in [7, 11) is 0. The molecule has 2 N–H and O–H groups in total. The third-order valence-corrected chi connectivity index (χ3v) is 4.70. The lowest BCUT2D eigenvalue weighted by atomic mass is 9.90. The Morgan fingerprint density at radius 3 is 2.80 bits per heavy atom. The molecule has 0 radical (unpaired) electrons. The fourth-order valence-corrected chi connectivity index (χ4v) is 3.44. The topological polar surface area (TPSA) is 72.9 Å². The summed E-state index contributed by atoms with van der Waals surface area (Å²) in [5.74, 6) is -2.58. The summed E-state index contributed by atoms with van der Waals surface area (Å²) in [5, 5.41) is 13.5. The minimum Gasteiger partial charge on any atom is -0.379 e. The molecule has 2 aliphatic rings. The number of rotatable bonds is 4. The second-order valence-electron chi connectivity index (χ2n) is 6.64. The Morgan fingerprint density at radius 1 is 1.24 bits per heavy atom. The van der Waals surface area contributed by atoms with E-state index in [4.69, 9.17) is 0 Å². The Morgan fingerprint density at radius 2 is 2.04 bits per heavy atom. The van der Waals surface area contributed by atoms with Crippen molar-refractivity contribution < 1.29 is 23.5 Å². The van der Waals surface area contributed by atoms with Crippen LogP contribution in [0, 0.1) is 11.6 Å². The van der Waals surface area contributed by atoms with Crippen LogP contribution in [0.1, 0.15) is 18.4 Å². The first-order chi connectivity index (χ1) is 11.9. The molecule has 2 amide bonds. The number of piperidine rings is 1. The van der Waals surface area contributed by atoms with E-state index in [1.807, 2.05) is 0 Å². The van der Waals surface area contributed by atoms with E-state index in [0.717, 1.165) is 6.07 Å². The van der Waals surface area contributed by atoms with Gasteiger partial charge in [0.15, 0.2) is 17.2 Å². The van der Waals surface area contributed by atoms with Gasteiger partial charge in [-0.05, 0) is 18.9 Å². The molecule has 1 atom stereocenters. The van der Waals surface area contributed by atoms with Gasteiger partial charge in [-0.2, -0.15) is 0 Å². The molecule has 2 saturated heterocycles. The van der Waals surface area contributed by atoms with Crippen LogP contribution in [0.3, 0.4) is 0 Å². The van der Waals surface area contributed by atoms with E-state index in [9.17, 15) is 23.5 Å². The van der Waals surface area contributed by atoms with Gasteiger partial charge in [-0.1, -0.05) is 12.1 Å². The number of piperazine rings is 1. The molecule has 2 fully saturated rings. The summed E-state index contributed by atoms with van der Waals surface area (Å²) < 4.78 is 27.2. The number of β-amino-alcohol motifs (C(OH)–C–C–N with tert-alkyl or cyclic N) is 1. The van der Waals surface area contributed by atoms with Gasteiger partial charge in [0.2, 0.25) is 5.91 Å². The fourth-order valence-electron chi connectivity index (χ4n) is 3.44. The number of carbonyl (C=O) groups is 2. The van der Waals surface area contributed by atoms with Crippen LogP contribution in [0.2, 0.25) is 0 Å². The molecule has 0 saturated carbocycles. The summed E-state index contributed by atoms with van der Waals surface area (Å²) >= 11 is 0. The molecular formula is C17H21F2N3O3. The van der Waals surface area contributed by atoms with Crippen LogP contribution >= 0.6 is 0 Å². The first kappa shape index (κ1) is 17.8. The number of nitrogens with one attached hydrogen (secondary N) is 1. The summed E-state index contributed by atoms with van der Waals surface area (Å²) in [4.78, 5) is 27.3. The van der Waals surface area contributed by atoms with Gasteiger partial charge in [-0.25, -0.2) is 8.78 Å². The number of halogens is 2. The van der Waals surface area contributed by atoms with Crippen LogP contribution in [-0.2, 0) is 16.1 Å². The highest BCUT2D eigenvalue weighted by molar-refractivity contribution is 5.86. The molecule has 0 aliphatic carbocycles. The highest BCUT2D eigenvalue weighted by Gasteiger charge is 2.44. The number of benzene rings is 1. The van der Waals surface area contributed by atoms with Gasteiger partial charge >= 0.3 is 0 Å². The zero-order valence-electron chi connectivity index (χ0n) is 13.8. The SMILES string of the molecule is O=C1CN(C[C@@]2(O)CCCN(Cc3cccc(F)c3F)C2=O)CCN1. The number of amides is 2. The summed E-state index contributed by atoms with van der Waals surface area (Å²) in [5.41, 5.74) is -1.53. The maximum Gasteiger partial charge on any atom is 0.256 e. The van der Waals surface area contributed by atoms with Crippen molar-refractivity contribution in [1.29, 1.82) is 0 Å². The molecule has 0 unspecified atom stereocenters. The minimum atomic E-state index is -1.61. The van der Waals surface area contributed by atoms with Crippen molar-refractivity contribution in [3.8, 4) is 0 Å². The fraction of sp³-hybridized carbons (Fsp3) is 0.529. The lowest BCUT2D eigenvalue weighted by Crippen LogP contribution is -2.60. The monoisotopic (exact) mass is 353 g/mol. The molecule has 136 valence electrons. The lowest BCUT2D eigenvalue weighted by molar-refractivity contribution is -0.161. The Kier molecular flexibility index (Phi) is 5.01. The predicted molar refractivity (Wildman–Crippen MR) is 85.4 cm³/mol. The average Bonchev–Trinajstić information content (AvgIpc) is 2.56. The average molecular weight is 353 g/mol. The minimum absolute atomic E-state index is 0.0569. The number of carbonyl (C=O) groups excluding carboxylic acids is 2. The smallest absolute Gasteiger partial charge is 0.256 e. The van der Waals surface area contributed by atoms with Gasteiger partial charge in [-0.3, -0.25) is 14.5 Å². The van der Waals surface area contributed by atoms with Crippen LogP contribution < -0.4 is 5.32 Å². The second kappa shape index (κ2) is 7.05. The Bertz CT molecular complexity index is 685. The first-order valence-electron chi connectivity index (χ1n) is 8.33. The molecular weight excluding hydrogens is 332 g/mol. The van der Waals surface area contributed by atoms with Gasteiger partial charge in [0, 0.05) is 38.3 Å². The number of hydrogen-bond acceptors (Lipinski definition) is 4. The highest BCUT2D eigenvalue weighted by atomic mass is 19.2. The van der Waals surface area contributed by atoms with Crippen molar-refractivity contribution in [3.63, 3.8) is 0 Å².